The quantitative estimate of drug-likeness (QED) is 0.494. The maximum absolute atomic E-state index is 11.3. The summed E-state index contributed by atoms with van der Waals surface area (Å²) in [5.74, 6) is 1.34. The molecule has 0 unspecified atom stereocenters. The van der Waals surface area contributed by atoms with Crippen LogP contribution >= 0.6 is 0 Å². The molecular formula is C23H20N4O2. The molecule has 0 saturated heterocycles. The van der Waals surface area contributed by atoms with Crippen molar-refractivity contribution in [1.82, 2.24) is 9.97 Å². The molecule has 0 bridgehead atoms. The predicted molar refractivity (Wildman–Crippen MR) is 114 cm³/mol. The Bertz CT molecular complexity index is 1130. The van der Waals surface area contributed by atoms with Crippen molar-refractivity contribution in [2.24, 2.45) is 0 Å². The minimum atomic E-state index is -0.123. The number of benzene rings is 3. The Balaban J connectivity index is 1.50. The summed E-state index contributed by atoms with van der Waals surface area (Å²) in [4.78, 5) is 20.0. The van der Waals surface area contributed by atoms with Gasteiger partial charge in [0, 0.05) is 23.7 Å². The van der Waals surface area contributed by atoms with Gasteiger partial charge in [0.25, 0.3) is 0 Å². The highest BCUT2D eigenvalue weighted by Gasteiger charge is 2.07. The summed E-state index contributed by atoms with van der Waals surface area (Å²) in [6.07, 6.45) is 1.51. The maximum Gasteiger partial charge on any atom is 0.221 e. The smallest absolute Gasteiger partial charge is 0.221 e. The average molecular weight is 384 g/mol. The van der Waals surface area contributed by atoms with Gasteiger partial charge in [-0.15, -0.1) is 0 Å². The molecule has 29 heavy (non-hydrogen) atoms. The molecule has 3 aromatic carbocycles. The van der Waals surface area contributed by atoms with Crippen LogP contribution in [-0.2, 0) is 11.4 Å². The fourth-order valence-electron chi connectivity index (χ4n) is 2.95. The van der Waals surface area contributed by atoms with Crippen LogP contribution in [0.4, 0.5) is 17.2 Å². The number of hydrogen-bond acceptors (Lipinski definition) is 5. The number of fused-ring (bicyclic) bond motifs is 1. The van der Waals surface area contributed by atoms with Crippen molar-refractivity contribution in [1.29, 1.82) is 0 Å². The van der Waals surface area contributed by atoms with Crippen molar-refractivity contribution in [2.75, 3.05) is 10.6 Å². The van der Waals surface area contributed by atoms with Crippen LogP contribution in [0.15, 0.2) is 79.1 Å². The Hall–Kier alpha value is -3.93. The van der Waals surface area contributed by atoms with Gasteiger partial charge in [-0.3, -0.25) is 4.79 Å². The van der Waals surface area contributed by atoms with Gasteiger partial charge in [0.1, 0.15) is 24.5 Å². The largest absolute Gasteiger partial charge is 0.489 e. The lowest BCUT2D eigenvalue weighted by molar-refractivity contribution is -0.114. The molecule has 0 aliphatic heterocycles. The molecule has 6 nitrogen and oxygen atoms in total. The van der Waals surface area contributed by atoms with Gasteiger partial charge in [-0.25, -0.2) is 9.97 Å². The molecule has 2 N–H and O–H groups in total. The lowest BCUT2D eigenvalue weighted by atomic mass is 10.2. The summed E-state index contributed by atoms with van der Waals surface area (Å²) in [7, 11) is 0. The number of hydrogen-bond donors (Lipinski definition) is 2. The lowest BCUT2D eigenvalue weighted by Crippen LogP contribution is -2.05. The summed E-state index contributed by atoms with van der Waals surface area (Å²) >= 11 is 0. The minimum absolute atomic E-state index is 0.123. The molecule has 0 fully saturated rings. The van der Waals surface area contributed by atoms with Gasteiger partial charge in [-0.05, 0) is 48.0 Å². The molecule has 4 aromatic rings. The predicted octanol–water partition coefficient (Wildman–Crippen LogP) is 4.91. The average Bonchev–Trinajstić information content (AvgIpc) is 2.74. The van der Waals surface area contributed by atoms with Crippen molar-refractivity contribution >= 4 is 34.0 Å². The molecular weight excluding hydrogens is 364 g/mol. The van der Waals surface area contributed by atoms with Gasteiger partial charge < -0.3 is 15.4 Å². The number of rotatable bonds is 6. The molecule has 4 rings (SSSR count). The number of carbonyl (C=O) groups is 1. The van der Waals surface area contributed by atoms with E-state index in [1.807, 2.05) is 72.8 Å². The summed E-state index contributed by atoms with van der Waals surface area (Å²) in [5, 5.41) is 6.92. The maximum atomic E-state index is 11.3. The fourth-order valence-corrected chi connectivity index (χ4v) is 2.95. The van der Waals surface area contributed by atoms with Crippen LogP contribution in [0.1, 0.15) is 12.5 Å². The van der Waals surface area contributed by atoms with Crippen LogP contribution in [-0.4, -0.2) is 15.9 Å². The van der Waals surface area contributed by atoms with E-state index in [4.69, 9.17) is 4.74 Å². The van der Waals surface area contributed by atoms with Crippen molar-refractivity contribution in [3.05, 3.63) is 84.7 Å². The van der Waals surface area contributed by atoms with Crippen LogP contribution in [0.3, 0.4) is 0 Å². The molecule has 1 heterocycles. The van der Waals surface area contributed by atoms with E-state index >= 15 is 0 Å². The third-order valence-electron chi connectivity index (χ3n) is 4.32. The minimum Gasteiger partial charge on any atom is -0.489 e. The topological polar surface area (TPSA) is 76.1 Å². The molecule has 6 heteroatoms. The highest BCUT2D eigenvalue weighted by atomic mass is 16.5. The first kappa shape index (κ1) is 18.4. The zero-order chi connectivity index (χ0) is 20.1. The number of anilines is 3. The summed E-state index contributed by atoms with van der Waals surface area (Å²) in [6.45, 7) is 2.00. The molecule has 0 aliphatic rings. The summed E-state index contributed by atoms with van der Waals surface area (Å²) in [5.41, 5.74) is 3.49. The van der Waals surface area contributed by atoms with Crippen molar-refractivity contribution < 1.29 is 9.53 Å². The Labute approximate surface area is 168 Å². The molecule has 1 amide bonds. The van der Waals surface area contributed by atoms with Gasteiger partial charge in [0.2, 0.25) is 5.91 Å². The first-order valence-corrected chi connectivity index (χ1v) is 9.23. The molecule has 0 radical (unpaired) electrons. The Kier molecular flexibility index (Phi) is 5.33. The van der Waals surface area contributed by atoms with Crippen molar-refractivity contribution in [3.8, 4) is 5.75 Å². The summed E-state index contributed by atoms with van der Waals surface area (Å²) < 4.78 is 5.83. The van der Waals surface area contributed by atoms with E-state index in [9.17, 15) is 4.79 Å². The van der Waals surface area contributed by atoms with Gasteiger partial charge in [-0.1, -0.05) is 30.3 Å². The zero-order valence-electron chi connectivity index (χ0n) is 15.9. The van der Waals surface area contributed by atoms with Gasteiger partial charge in [0.15, 0.2) is 0 Å². The second kappa shape index (κ2) is 8.39. The van der Waals surface area contributed by atoms with E-state index in [-0.39, 0.29) is 5.91 Å². The van der Waals surface area contributed by atoms with Gasteiger partial charge in [-0.2, -0.15) is 0 Å². The molecule has 144 valence electrons. The van der Waals surface area contributed by atoms with E-state index in [1.165, 1.54) is 13.3 Å². The number of ether oxygens (including phenoxy) is 1. The number of nitrogens with one attached hydrogen (secondary N) is 2. The first-order chi connectivity index (χ1) is 14.2. The third kappa shape index (κ3) is 4.68. The van der Waals surface area contributed by atoms with Crippen LogP contribution < -0.4 is 15.4 Å². The van der Waals surface area contributed by atoms with E-state index < -0.39 is 0 Å². The van der Waals surface area contributed by atoms with Crippen LogP contribution in [0.5, 0.6) is 5.75 Å². The number of carbonyl (C=O) groups excluding carboxylic acids is 1. The highest BCUT2D eigenvalue weighted by Crippen LogP contribution is 2.26. The Morgan fingerprint density at radius 2 is 1.69 bits per heavy atom. The first-order valence-electron chi connectivity index (χ1n) is 9.23. The second-order valence-electron chi connectivity index (χ2n) is 6.56. The molecule has 1 aromatic heterocycles. The zero-order valence-corrected chi connectivity index (χ0v) is 15.9. The van der Waals surface area contributed by atoms with Crippen molar-refractivity contribution in [2.45, 2.75) is 13.5 Å². The van der Waals surface area contributed by atoms with Crippen LogP contribution in [0.25, 0.3) is 10.9 Å². The SMILES string of the molecule is CC(=O)Nc1ccc2ncnc(Nc3ccc(OCc4ccccc4)cc3)c2c1. The Morgan fingerprint density at radius 1 is 0.931 bits per heavy atom. The fraction of sp³-hybridized carbons (Fsp3) is 0.0870. The van der Waals surface area contributed by atoms with E-state index in [1.54, 1.807) is 0 Å². The molecule has 0 saturated carbocycles. The third-order valence-corrected chi connectivity index (χ3v) is 4.32. The van der Waals surface area contributed by atoms with E-state index in [0.717, 1.165) is 27.9 Å². The number of aromatic nitrogens is 2. The number of amides is 1. The highest BCUT2D eigenvalue weighted by molar-refractivity contribution is 5.96. The van der Waals surface area contributed by atoms with Crippen LogP contribution in [0, 0.1) is 0 Å². The van der Waals surface area contributed by atoms with E-state index in [0.29, 0.717) is 18.1 Å². The standard InChI is InChI=1S/C23H20N4O2/c1-16(28)26-19-9-12-22-21(13-19)23(25-15-24-22)27-18-7-10-20(11-8-18)29-14-17-5-3-2-4-6-17/h2-13,15H,14H2,1H3,(H,26,28)(H,24,25,27). The Morgan fingerprint density at radius 3 is 2.45 bits per heavy atom. The lowest BCUT2D eigenvalue weighted by Gasteiger charge is -2.11. The van der Waals surface area contributed by atoms with Crippen LogP contribution in [0.2, 0.25) is 0 Å². The molecule has 0 aliphatic carbocycles. The van der Waals surface area contributed by atoms with Gasteiger partial charge in [0.05, 0.1) is 5.52 Å². The second-order valence-corrected chi connectivity index (χ2v) is 6.56. The monoisotopic (exact) mass is 384 g/mol. The van der Waals surface area contributed by atoms with Crippen molar-refractivity contribution in [3.63, 3.8) is 0 Å². The summed E-state index contributed by atoms with van der Waals surface area (Å²) in [6, 6.07) is 23.3. The van der Waals surface area contributed by atoms with Gasteiger partial charge >= 0.3 is 0 Å². The number of nitrogens with zero attached hydrogens (tertiary/aromatic N) is 2. The normalized spacial score (nSPS) is 10.5. The van der Waals surface area contributed by atoms with E-state index in [2.05, 4.69) is 20.6 Å². The molecule has 0 spiro atoms. The molecule has 0 atom stereocenters.